The van der Waals surface area contributed by atoms with E-state index in [9.17, 15) is 4.79 Å². The molecule has 0 spiro atoms. The second kappa shape index (κ2) is 5.60. The molecule has 94 valence electrons. The third kappa shape index (κ3) is 2.60. The Kier molecular flexibility index (Phi) is 4.11. The van der Waals surface area contributed by atoms with Crippen LogP contribution in [0, 0.1) is 0 Å². The molecule has 0 amide bonds. The van der Waals surface area contributed by atoms with E-state index in [2.05, 4.69) is 20.9 Å². The molecule has 6 heteroatoms. The van der Waals surface area contributed by atoms with Crippen molar-refractivity contribution in [2.24, 2.45) is 0 Å². The smallest absolute Gasteiger partial charge is 0.355 e. The zero-order valence-electron chi connectivity index (χ0n) is 9.26. The molecule has 18 heavy (non-hydrogen) atoms. The molecule has 1 aromatic heterocycles. The number of nitrogens with zero attached hydrogens (tertiary/aromatic N) is 1. The number of carboxylic acids is 1. The monoisotopic (exact) mass is 327 g/mol. The standard InChI is InChI=1S/C12H10BrNO3S/c13-8-4-2-1-3-7(8)11-14-10(12(16)17)9(18-11)5-6-15/h1-4,15H,5-6H2,(H,16,17). The average molecular weight is 328 g/mol. The second-order valence-corrected chi connectivity index (χ2v) is 5.49. The molecule has 1 heterocycles. The number of rotatable bonds is 4. The Balaban J connectivity index is 2.50. The minimum absolute atomic E-state index is 0.0276. The van der Waals surface area contributed by atoms with E-state index >= 15 is 0 Å². The molecule has 0 aliphatic carbocycles. The first-order chi connectivity index (χ1) is 8.63. The average Bonchev–Trinajstić information content (AvgIpc) is 2.74. The SMILES string of the molecule is O=C(O)c1nc(-c2ccccc2Br)sc1CCO. The maximum Gasteiger partial charge on any atom is 0.355 e. The summed E-state index contributed by atoms with van der Waals surface area (Å²) >= 11 is 4.71. The summed E-state index contributed by atoms with van der Waals surface area (Å²) < 4.78 is 0.867. The summed E-state index contributed by atoms with van der Waals surface area (Å²) in [6.45, 7) is -0.0854. The van der Waals surface area contributed by atoms with Crippen molar-refractivity contribution >= 4 is 33.2 Å². The van der Waals surface area contributed by atoms with Gasteiger partial charge in [0.25, 0.3) is 0 Å². The maximum absolute atomic E-state index is 11.1. The summed E-state index contributed by atoms with van der Waals surface area (Å²) in [4.78, 5) is 15.8. The van der Waals surface area contributed by atoms with Crippen molar-refractivity contribution in [2.45, 2.75) is 6.42 Å². The van der Waals surface area contributed by atoms with Gasteiger partial charge >= 0.3 is 5.97 Å². The number of hydrogen-bond donors (Lipinski definition) is 2. The molecule has 0 unspecified atom stereocenters. The van der Waals surface area contributed by atoms with Crippen LogP contribution in [0.3, 0.4) is 0 Å². The van der Waals surface area contributed by atoms with E-state index in [1.54, 1.807) is 0 Å². The number of carboxylic acid groups (broad SMARTS) is 1. The number of carbonyl (C=O) groups is 1. The van der Waals surface area contributed by atoms with E-state index < -0.39 is 5.97 Å². The van der Waals surface area contributed by atoms with Crippen molar-refractivity contribution in [3.05, 3.63) is 39.3 Å². The van der Waals surface area contributed by atoms with E-state index in [0.29, 0.717) is 16.3 Å². The van der Waals surface area contributed by atoms with Crippen molar-refractivity contribution in [3.63, 3.8) is 0 Å². The summed E-state index contributed by atoms with van der Waals surface area (Å²) in [5, 5.41) is 18.7. The summed E-state index contributed by atoms with van der Waals surface area (Å²) in [7, 11) is 0. The molecule has 2 aromatic rings. The van der Waals surface area contributed by atoms with Gasteiger partial charge in [0.15, 0.2) is 5.69 Å². The van der Waals surface area contributed by atoms with Crippen molar-refractivity contribution < 1.29 is 15.0 Å². The van der Waals surface area contributed by atoms with Gasteiger partial charge in [0.1, 0.15) is 5.01 Å². The highest BCUT2D eigenvalue weighted by Gasteiger charge is 2.18. The number of hydrogen-bond acceptors (Lipinski definition) is 4. The molecule has 0 atom stereocenters. The van der Waals surface area contributed by atoms with Crippen molar-refractivity contribution in [2.75, 3.05) is 6.61 Å². The Bertz CT molecular complexity index is 582. The topological polar surface area (TPSA) is 70.4 Å². The number of benzene rings is 1. The van der Waals surface area contributed by atoms with E-state index in [1.165, 1.54) is 11.3 Å². The molecule has 0 aliphatic heterocycles. The number of aromatic nitrogens is 1. The Labute approximate surface area is 116 Å². The highest BCUT2D eigenvalue weighted by molar-refractivity contribution is 9.10. The third-order valence-corrected chi connectivity index (χ3v) is 4.18. The van der Waals surface area contributed by atoms with Crippen molar-refractivity contribution in [1.82, 2.24) is 4.98 Å². The van der Waals surface area contributed by atoms with Crippen LogP contribution >= 0.6 is 27.3 Å². The number of halogens is 1. The van der Waals surface area contributed by atoms with Gasteiger partial charge in [-0.25, -0.2) is 9.78 Å². The zero-order valence-corrected chi connectivity index (χ0v) is 11.7. The normalized spacial score (nSPS) is 10.6. The largest absolute Gasteiger partial charge is 0.476 e. The first kappa shape index (κ1) is 13.2. The Hall–Kier alpha value is -1.24. The number of aliphatic hydroxyl groups is 1. The molecule has 0 radical (unpaired) electrons. The molecule has 0 saturated heterocycles. The first-order valence-corrected chi connectivity index (χ1v) is 6.83. The van der Waals surface area contributed by atoms with Gasteiger partial charge in [-0.15, -0.1) is 11.3 Å². The summed E-state index contributed by atoms with van der Waals surface area (Å²) in [6.07, 6.45) is 0.309. The fraction of sp³-hybridized carbons (Fsp3) is 0.167. The van der Waals surface area contributed by atoms with E-state index in [-0.39, 0.29) is 12.3 Å². The minimum Gasteiger partial charge on any atom is -0.476 e. The number of aliphatic hydroxyl groups excluding tert-OH is 1. The molecule has 0 aliphatic rings. The van der Waals surface area contributed by atoms with Crippen LogP contribution in [0.5, 0.6) is 0 Å². The van der Waals surface area contributed by atoms with Crippen LogP contribution in [0.15, 0.2) is 28.7 Å². The van der Waals surface area contributed by atoms with Gasteiger partial charge < -0.3 is 10.2 Å². The molecule has 2 rings (SSSR count). The summed E-state index contributed by atoms with van der Waals surface area (Å²) in [5.74, 6) is -1.06. The van der Waals surface area contributed by atoms with Crippen molar-refractivity contribution in [1.29, 1.82) is 0 Å². The molecule has 1 aromatic carbocycles. The molecular weight excluding hydrogens is 318 g/mol. The Morgan fingerprint density at radius 2 is 2.11 bits per heavy atom. The molecule has 0 saturated carbocycles. The predicted octanol–water partition coefficient (Wildman–Crippen LogP) is 2.81. The summed E-state index contributed by atoms with van der Waals surface area (Å²) in [6, 6.07) is 7.50. The van der Waals surface area contributed by atoms with Gasteiger partial charge in [0.05, 0.1) is 0 Å². The van der Waals surface area contributed by atoms with Crippen LogP contribution in [0.1, 0.15) is 15.4 Å². The van der Waals surface area contributed by atoms with Crippen LogP contribution in [0.25, 0.3) is 10.6 Å². The number of aromatic carboxylic acids is 1. The lowest BCUT2D eigenvalue weighted by molar-refractivity contribution is 0.0690. The van der Waals surface area contributed by atoms with E-state index in [4.69, 9.17) is 10.2 Å². The summed E-state index contributed by atoms with van der Waals surface area (Å²) in [5.41, 5.74) is 0.883. The van der Waals surface area contributed by atoms with E-state index in [0.717, 1.165) is 10.0 Å². The van der Waals surface area contributed by atoms with Gasteiger partial charge in [-0.3, -0.25) is 0 Å². The van der Waals surface area contributed by atoms with E-state index in [1.807, 2.05) is 24.3 Å². The Morgan fingerprint density at radius 3 is 2.72 bits per heavy atom. The Morgan fingerprint density at radius 1 is 1.39 bits per heavy atom. The van der Waals surface area contributed by atoms with Crippen LogP contribution in [-0.4, -0.2) is 27.8 Å². The van der Waals surface area contributed by atoms with Gasteiger partial charge in [-0.2, -0.15) is 0 Å². The van der Waals surface area contributed by atoms with Gasteiger partial charge in [0, 0.05) is 27.9 Å². The fourth-order valence-corrected chi connectivity index (χ4v) is 3.22. The first-order valence-electron chi connectivity index (χ1n) is 5.22. The molecular formula is C12H10BrNO3S. The van der Waals surface area contributed by atoms with Gasteiger partial charge in [-0.1, -0.05) is 34.1 Å². The van der Waals surface area contributed by atoms with Gasteiger partial charge in [0.2, 0.25) is 0 Å². The second-order valence-electron chi connectivity index (χ2n) is 3.55. The highest BCUT2D eigenvalue weighted by Crippen LogP contribution is 2.33. The lowest BCUT2D eigenvalue weighted by Crippen LogP contribution is -2.02. The van der Waals surface area contributed by atoms with Crippen LogP contribution < -0.4 is 0 Å². The number of thiazole rings is 1. The maximum atomic E-state index is 11.1. The molecule has 2 N–H and O–H groups in total. The van der Waals surface area contributed by atoms with Crippen LogP contribution in [-0.2, 0) is 6.42 Å². The fourth-order valence-electron chi connectivity index (χ4n) is 1.54. The molecule has 4 nitrogen and oxygen atoms in total. The molecule has 0 bridgehead atoms. The predicted molar refractivity (Wildman–Crippen MR) is 73.0 cm³/mol. The van der Waals surface area contributed by atoms with Crippen LogP contribution in [0.4, 0.5) is 0 Å². The third-order valence-electron chi connectivity index (χ3n) is 2.34. The van der Waals surface area contributed by atoms with Crippen molar-refractivity contribution in [3.8, 4) is 10.6 Å². The lowest BCUT2D eigenvalue weighted by atomic mass is 10.2. The molecule has 0 fully saturated rings. The highest BCUT2D eigenvalue weighted by atomic mass is 79.9. The minimum atomic E-state index is -1.06. The zero-order chi connectivity index (χ0) is 13.1. The quantitative estimate of drug-likeness (QED) is 0.905. The van der Waals surface area contributed by atoms with Gasteiger partial charge in [-0.05, 0) is 6.07 Å². The lowest BCUT2D eigenvalue weighted by Gasteiger charge is -1.98. The van der Waals surface area contributed by atoms with Crippen LogP contribution in [0.2, 0.25) is 0 Å².